The van der Waals surface area contributed by atoms with Gasteiger partial charge in [0.15, 0.2) is 0 Å². The van der Waals surface area contributed by atoms with Crippen molar-refractivity contribution in [3.05, 3.63) is 35.4 Å². The SMILES string of the molecule is CCc1ccc(CC(C)(C(=O)O)N2CCC(C)CC2)cc1. The second kappa shape index (κ2) is 6.61. The number of rotatable bonds is 5. The Balaban J connectivity index is 2.15. The van der Waals surface area contributed by atoms with Gasteiger partial charge >= 0.3 is 5.97 Å². The Labute approximate surface area is 128 Å². The first-order valence-corrected chi connectivity index (χ1v) is 8.02. The van der Waals surface area contributed by atoms with E-state index < -0.39 is 11.5 Å². The van der Waals surface area contributed by atoms with Gasteiger partial charge in [0.2, 0.25) is 0 Å². The lowest BCUT2D eigenvalue weighted by atomic mass is 9.87. The molecule has 1 aromatic rings. The summed E-state index contributed by atoms with van der Waals surface area (Å²) in [4.78, 5) is 14.0. The number of hydrogen-bond acceptors (Lipinski definition) is 2. The highest BCUT2D eigenvalue weighted by Crippen LogP contribution is 2.27. The summed E-state index contributed by atoms with van der Waals surface area (Å²) in [5.74, 6) is -0.000228. The van der Waals surface area contributed by atoms with E-state index in [2.05, 4.69) is 43.0 Å². The molecule has 1 aliphatic rings. The largest absolute Gasteiger partial charge is 0.480 e. The first-order valence-electron chi connectivity index (χ1n) is 8.02. The van der Waals surface area contributed by atoms with Crippen LogP contribution in [0.2, 0.25) is 0 Å². The van der Waals surface area contributed by atoms with Crippen molar-refractivity contribution in [3.8, 4) is 0 Å². The Hall–Kier alpha value is -1.35. The van der Waals surface area contributed by atoms with Crippen molar-refractivity contribution in [2.24, 2.45) is 5.92 Å². The topological polar surface area (TPSA) is 40.5 Å². The third-order valence-corrected chi connectivity index (χ3v) is 4.92. The van der Waals surface area contributed by atoms with Crippen LogP contribution >= 0.6 is 0 Å². The molecule has 1 fully saturated rings. The van der Waals surface area contributed by atoms with Gasteiger partial charge in [0, 0.05) is 6.42 Å². The van der Waals surface area contributed by atoms with Gasteiger partial charge in [-0.2, -0.15) is 0 Å². The minimum atomic E-state index is -0.798. The summed E-state index contributed by atoms with van der Waals surface area (Å²) >= 11 is 0. The van der Waals surface area contributed by atoms with E-state index in [4.69, 9.17) is 0 Å². The minimum absolute atomic E-state index is 0.570. The highest BCUT2D eigenvalue weighted by Gasteiger charge is 2.40. The summed E-state index contributed by atoms with van der Waals surface area (Å²) < 4.78 is 0. The summed E-state index contributed by atoms with van der Waals surface area (Å²) in [6, 6.07) is 8.37. The van der Waals surface area contributed by atoms with Crippen molar-refractivity contribution >= 4 is 5.97 Å². The second-order valence-electron chi connectivity index (χ2n) is 6.60. The monoisotopic (exact) mass is 289 g/mol. The maximum Gasteiger partial charge on any atom is 0.324 e. The maximum atomic E-state index is 11.9. The molecule has 1 heterocycles. The molecule has 2 rings (SSSR count). The summed E-state index contributed by atoms with van der Waals surface area (Å²) in [6.45, 7) is 8.03. The molecular formula is C18H27NO2. The minimum Gasteiger partial charge on any atom is -0.480 e. The second-order valence-corrected chi connectivity index (χ2v) is 6.60. The Morgan fingerprint density at radius 3 is 2.24 bits per heavy atom. The highest BCUT2D eigenvalue weighted by molar-refractivity contribution is 5.78. The van der Waals surface area contributed by atoms with Crippen LogP contribution in [0, 0.1) is 5.92 Å². The lowest BCUT2D eigenvalue weighted by molar-refractivity contribution is -0.151. The molecule has 0 radical (unpaired) electrons. The standard InChI is InChI=1S/C18H27NO2/c1-4-15-5-7-16(8-6-15)13-18(3,17(20)21)19-11-9-14(2)10-12-19/h5-8,14H,4,9-13H2,1-3H3,(H,20,21). The number of aryl methyl sites for hydroxylation is 1. The molecule has 0 saturated carbocycles. The zero-order valence-corrected chi connectivity index (χ0v) is 13.4. The molecule has 0 bridgehead atoms. The number of nitrogens with zero attached hydrogens (tertiary/aromatic N) is 1. The number of likely N-dealkylation sites (tertiary alicyclic amines) is 1. The number of aliphatic carboxylic acids is 1. The number of carbonyl (C=O) groups is 1. The fourth-order valence-corrected chi connectivity index (χ4v) is 3.12. The van der Waals surface area contributed by atoms with Gasteiger partial charge in [-0.1, -0.05) is 38.1 Å². The molecule has 3 heteroatoms. The van der Waals surface area contributed by atoms with Crippen LogP contribution in [0.3, 0.4) is 0 Å². The van der Waals surface area contributed by atoms with Crippen molar-refractivity contribution in [1.82, 2.24) is 4.90 Å². The number of carboxylic acid groups (broad SMARTS) is 1. The number of benzene rings is 1. The van der Waals surface area contributed by atoms with Crippen molar-refractivity contribution in [2.75, 3.05) is 13.1 Å². The van der Waals surface area contributed by atoms with Crippen LogP contribution < -0.4 is 0 Å². The van der Waals surface area contributed by atoms with Crippen LogP contribution in [0.25, 0.3) is 0 Å². The van der Waals surface area contributed by atoms with Crippen LogP contribution in [0.5, 0.6) is 0 Å². The Bertz CT molecular complexity index is 474. The van der Waals surface area contributed by atoms with Gasteiger partial charge in [-0.15, -0.1) is 0 Å². The van der Waals surface area contributed by atoms with E-state index in [1.54, 1.807) is 0 Å². The summed E-state index contributed by atoms with van der Waals surface area (Å²) in [7, 11) is 0. The van der Waals surface area contributed by atoms with Crippen molar-refractivity contribution in [2.45, 2.75) is 52.0 Å². The molecule has 0 spiro atoms. The summed E-state index contributed by atoms with van der Waals surface area (Å²) in [5.41, 5.74) is 1.60. The zero-order valence-electron chi connectivity index (χ0n) is 13.4. The highest BCUT2D eigenvalue weighted by atomic mass is 16.4. The molecule has 0 amide bonds. The first kappa shape index (κ1) is 16.0. The van der Waals surface area contributed by atoms with Crippen LogP contribution in [0.4, 0.5) is 0 Å². The van der Waals surface area contributed by atoms with E-state index in [0.717, 1.165) is 37.9 Å². The van der Waals surface area contributed by atoms with Crippen LogP contribution in [-0.2, 0) is 17.6 Å². The van der Waals surface area contributed by atoms with Gasteiger partial charge < -0.3 is 5.11 Å². The van der Waals surface area contributed by atoms with Gasteiger partial charge in [0.1, 0.15) is 5.54 Å². The molecule has 21 heavy (non-hydrogen) atoms. The first-order chi connectivity index (χ1) is 9.95. The van der Waals surface area contributed by atoms with E-state index in [-0.39, 0.29) is 0 Å². The predicted molar refractivity (Wildman–Crippen MR) is 85.5 cm³/mol. The molecule has 3 nitrogen and oxygen atoms in total. The molecule has 1 atom stereocenters. The van der Waals surface area contributed by atoms with Gasteiger partial charge in [0.25, 0.3) is 0 Å². The summed E-state index contributed by atoms with van der Waals surface area (Å²) in [6.07, 6.45) is 3.77. The molecule has 0 aliphatic carbocycles. The molecular weight excluding hydrogens is 262 g/mol. The van der Waals surface area contributed by atoms with Gasteiger partial charge in [-0.05, 0) is 56.3 Å². The molecule has 1 aromatic carbocycles. The fourth-order valence-electron chi connectivity index (χ4n) is 3.12. The third kappa shape index (κ3) is 3.65. The number of piperidine rings is 1. The van der Waals surface area contributed by atoms with Gasteiger partial charge in [-0.3, -0.25) is 9.69 Å². The fraction of sp³-hybridized carbons (Fsp3) is 0.611. The lowest BCUT2D eigenvalue weighted by Gasteiger charge is -2.42. The summed E-state index contributed by atoms with van der Waals surface area (Å²) in [5, 5.41) is 9.77. The average Bonchev–Trinajstić information content (AvgIpc) is 2.48. The van der Waals surface area contributed by atoms with Crippen molar-refractivity contribution in [3.63, 3.8) is 0 Å². The van der Waals surface area contributed by atoms with E-state index in [0.29, 0.717) is 12.3 Å². The van der Waals surface area contributed by atoms with E-state index in [9.17, 15) is 9.90 Å². The molecule has 1 N–H and O–H groups in total. The molecule has 0 aromatic heterocycles. The number of carboxylic acids is 1. The molecule has 1 saturated heterocycles. The number of hydrogen-bond donors (Lipinski definition) is 1. The van der Waals surface area contributed by atoms with Crippen LogP contribution in [-0.4, -0.2) is 34.6 Å². The predicted octanol–water partition coefficient (Wildman–Crippen LogP) is 3.37. The van der Waals surface area contributed by atoms with Crippen molar-refractivity contribution in [1.29, 1.82) is 0 Å². The van der Waals surface area contributed by atoms with Crippen LogP contribution in [0.15, 0.2) is 24.3 Å². The van der Waals surface area contributed by atoms with Gasteiger partial charge in [0.05, 0.1) is 0 Å². The normalized spacial score (nSPS) is 20.1. The zero-order chi connectivity index (χ0) is 15.5. The Kier molecular flexibility index (Phi) is 5.04. The Morgan fingerprint density at radius 2 is 1.76 bits per heavy atom. The molecule has 1 unspecified atom stereocenters. The molecule has 1 aliphatic heterocycles. The van der Waals surface area contributed by atoms with Gasteiger partial charge in [-0.25, -0.2) is 0 Å². The van der Waals surface area contributed by atoms with E-state index in [1.165, 1.54) is 5.56 Å². The lowest BCUT2D eigenvalue weighted by Crippen LogP contribution is -2.56. The quantitative estimate of drug-likeness (QED) is 0.903. The smallest absolute Gasteiger partial charge is 0.324 e. The van der Waals surface area contributed by atoms with Crippen LogP contribution in [0.1, 0.15) is 44.7 Å². The van der Waals surface area contributed by atoms with E-state index >= 15 is 0 Å². The maximum absolute atomic E-state index is 11.9. The Morgan fingerprint density at radius 1 is 1.24 bits per heavy atom. The van der Waals surface area contributed by atoms with E-state index in [1.807, 2.05) is 6.92 Å². The molecule has 116 valence electrons. The average molecular weight is 289 g/mol. The third-order valence-electron chi connectivity index (χ3n) is 4.92. The van der Waals surface area contributed by atoms with Crippen molar-refractivity contribution < 1.29 is 9.90 Å².